The number of guanidine groups is 1. The lowest BCUT2D eigenvalue weighted by Gasteiger charge is -2.17. The third-order valence-corrected chi connectivity index (χ3v) is 2.86. The van der Waals surface area contributed by atoms with Crippen LogP contribution in [-0.4, -0.2) is 33.8 Å². The Morgan fingerprint density at radius 3 is 2.17 bits per heavy atom. The van der Waals surface area contributed by atoms with Crippen LogP contribution in [0.1, 0.15) is 11.6 Å². The molecule has 1 aromatic rings. The third kappa shape index (κ3) is 2.13. The first-order valence-electron chi connectivity index (χ1n) is 5.56. The number of ether oxygens (including phenoxy) is 3. The SMILES string of the molecule is COc1cc(C2CN=C(N)N2)cc(OC)c1OC. The van der Waals surface area contributed by atoms with Crippen LogP contribution in [0.15, 0.2) is 17.1 Å². The van der Waals surface area contributed by atoms with Crippen LogP contribution in [-0.2, 0) is 0 Å². The minimum absolute atomic E-state index is 0.0405. The highest BCUT2D eigenvalue weighted by molar-refractivity contribution is 5.80. The first-order valence-corrected chi connectivity index (χ1v) is 5.56. The molecule has 3 N–H and O–H groups in total. The van der Waals surface area contributed by atoms with Gasteiger partial charge in [-0.25, -0.2) is 0 Å². The Labute approximate surface area is 106 Å². The summed E-state index contributed by atoms with van der Waals surface area (Å²) in [5.41, 5.74) is 6.61. The van der Waals surface area contributed by atoms with E-state index in [-0.39, 0.29) is 6.04 Å². The predicted octanol–water partition coefficient (Wildman–Crippen LogP) is 0.671. The van der Waals surface area contributed by atoms with Gasteiger partial charge in [0.1, 0.15) is 0 Å². The normalized spacial score (nSPS) is 17.9. The molecule has 1 aliphatic heterocycles. The molecule has 0 fully saturated rings. The molecule has 1 aromatic carbocycles. The number of rotatable bonds is 4. The van der Waals surface area contributed by atoms with Gasteiger partial charge in [-0.3, -0.25) is 4.99 Å². The summed E-state index contributed by atoms with van der Waals surface area (Å²) in [4.78, 5) is 4.12. The molecule has 1 unspecified atom stereocenters. The average molecular weight is 251 g/mol. The maximum atomic E-state index is 5.61. The van der Waals surface area contributed by atoms with Crippen molar-refractivity contribution in [2.75, 3.05) is 27.9 Å². The Balaban J connectivity index is 2.38. The van der Waals surface area contributed by atoms with Crippen molar-refractivity contribution in [3.63, 3.8) is 0 Å². The lowest BCUT2D eigenvalue weighted by molar-refractivity contribution is 0.323. The summed E-state index contributed by atoms with van der Waals surface area (Å²) in [6, 6.07) is 3.83. The Kier molecular flexibility index (Phi) is 3.45. The molecule has 6 heteroatoms. The predicted molar refractivity (Wildman–Crippen MR) is 68.5 cm³/mol. The molecule has 0 aromatic heterocycles. The van der Waals surface area contributed by atoms with E-state index in [1.54, 1.807) is 21.3 Å². The summed E-state index contributed by atoms with van der Waals surface area (Å²) in [5, 5.41) is 3.09. The summed E-state index contributed by atoms with van der Waals surface area (Å²) < 4.78 is 15.9. The van der Waals surface area contributed by atoms with Gasteiger partial charge in [-0.15, -0.1) is 0 Å². The Hall–Kier alpha value is -2.11. The van der Waals surface area contributed by atoms with E-state index in [2.05, 4.69) is 10.3 Å². The van der Waals surface area contributed by atoms with E-state index in [1.807, 2.05) is 12.1 Å². The minimum atomic E-state index is 0.0405. The van der Waals surface area contributed by atoms with Gasteiger partial charge in [0.05, 0.1) is 33.9 Å². The molecular weight excluding hydrogens is 234 g/mol. The van der Waals surface area contributed by atoms with E-state index in [9.17, 15) is 0 Å². The number of methoxy groups -OCH3 is 3. The largest absolute Gasteiger partial charge is 0.493 e. The van der Waals surface area contributed by atoms with Gasteiger partial charge in [-0.1, -0.05) is 0 Å². The smallest absolute Gasteiger partial charge is 0.203 e. The highest BCUT2D eigenvalue weighted by Crippen LogP contribution is 2.39. The van der Waals surface area contributed by atoms with Gasteiger partial charge in [0.15, 0.2) is 17.5 Å². The Bertz CT molecular complexity index is 449. The molecule has 98 valence electrons. The summed E-state index contributed by atoms with van der Waals surface area (Å²) in [6.07, 6.45) is 0. The topological polar surface area (TPSA) is 78.1 Å². The Morgan fingerprint density at radius 2 is 1.78 bits per heavy atom. The zero-order valence-corrected chi connectivity index (χ0v) is 10.7. The maximum Gasteiger partial charge on any atom is 0.203 e. The van der Waals surface area contributed by atoms with E-state index in [0.717, 1.165) is 5.56 Å². The van der Waals surface area contributed by atoms with Crippen LogP contribution >= 0.6 is 0 Å². The van der Waals surface area contributed by atoms with Crippen LogP contribution in [0.5, 0.6) is 17.2 Å². The average Bonchev–Trinajstić information content (AvgIpc) is 2.83. The van der Waals surface area contributed by atoms with E-state index < -0.39 is 0 Å². The molecule has 18 heavy (non-hydrogen) atoms. The van der Waals surface area contributed by atoms with Crippen molar-refractivity contribution in [2.45, 2.75) is 6.04 Å². The number of nitrogens with one attached hydrogen (secondary N) is 1. The second-order valence-electron chi connectivity index (χ2n) is 3.88. The van der Waals surface area contributed by atoms with Crippen molar-refractivity contribution in [3.8, 4) is 17.2 Å². The van der Waals surface area contributed by atoms with Crippen molar-refractivity contribution in [3.05, 3.63) is 17.7 Å². The quantitative estimate of drug-likeness (QED) is 0.822. The van der Waals surface area contributed by atoms with Crippen LogP contribution in [0.2, 0.25) is 0 Å². The summed E-state index contributed by atoms with van der Waals surface area (Å²) in [7, 11) is 4.76. The lowest BCUT2D eigenvalue weighted by atomic mass is 10.1. The highest BCUT2D eigenvalue weighted by atomic mass is 16.5. The van der Waals surface area contributed by atoms with Crippen LogP contribution in [0.3, 0.4) is 0 Å². The molecule has 0 bridgehead atoms. The molecule has 1 heterocycles. The number of hydrogen-bond donors (Lipinski definition) is 2. The maximum absolute atomic E-state index is 5.61. The number of nitrogens with zero attached hydrogens (tertiary/aromatic N) is 1. The number of nitrogens with two attached hydrogens (primary N) is 1. The van der Waals surface area contributed by atoms with Crippen LogP contribution < -0.4 is 25.3 Å². The number of aliphatic imine (C=N–C) groups is 1. The van der Waals surface area contributed by atoms with Gasteiger partial charge < -0.3 is 25.3 Å². The lowest BCUT2D eigenvalue weighted by Crippen LogP contribution is -2.29. The van der Waals surface area contributed by atoms with Crippen molar-refractivity contribution < 1.29 is 14.2 Å². The fraction of sp³-hybridized carbons (Fsp3) is 0.417. The fourth-order valence-electron chi connectivity index (χ4n) is 1.95. The first-order chi connectivity index (χ1) is 8.69. The van der Waals surface area contributed by atoms with Gasteiger partial charge in [-0.05, 0) is 17.7 Å². The van der Waals surface area contributed by atoms with Gasteiger partial charge in [0.2, 0.25) is 5.75 Å². The standard InChI is InChI=1S/C12H17N3O3/c1-16-9-4-7(8-6-14-12(13)15-8)5-10(17-2)11(9)18-3/h4-5,8H,6H2,1-3H3,(H3,13,14,15). The molecule has 1 aliphatic rings. The summed E-state index contributed by atoms with van der Waals surface area (Å²) >= 11 is 0. The summed E-state index contributed by atoms with van der Waals surface area (Å²) in [6.45, 7) is 0.602. The second-order valence-corrected chi connectivity index (χ2v) is 3.88. The van der Waals surface area contributed by atoms with E-state index in [4.69, 9.17) is 19.9 Å². The van der Waals surface area contributed by atoms with Gasteiger partial charge >= 0.3 is 0 Å². The monoisotopic (exact) mass is 251 g/mol. The van der Waals surface area contributed by atoms with E-state index >= 15 is 0 Å². The zero-order valence-electron chi connectivity index (χ0n) is 10.7. The minimum Gasteiger partial charge on any atom is -0.493 e. The highest BCUT2D eigenvalue weighted by Gasteiger charge is 2.21. The van der Waals surface area contributed by atoms with Crippen molar-refractivity contribution >= 4 is 5.96 Å². The molecule has 0 saturated heterocycles. The summed E-state index contributed by atoms with van der Waals surface area (Å²) in [5.74, 6) is 2.28. The molecule has 0 spiro atoms. The van der Waals surface area contributed by atoms with Crippen molar-refractivity contribution in [1.82, 2.24) is 5.32 Å². The van der Waals surface area contributed by atoms with Gasteiger partial charge in [0, 0.05) is 0 Å². The van der Waals surface area contributed by atoms with Crippen LogP contribution in [0.4, 0.5) is 0 Å². The van der Waals surface area contributed by atoms with Crippen molar-refractivity contribution in [2.24, 2.45) is 10.7 Å². The Morgan fingerprint density at radius 1 is 1.17 bits per heavy atom. The van der Waals surface area contributed by atoms with Crippen LogP contribution in [0.25, 0.3) is 0 Å². The van der Waals surface area contributed by atoms with Crippen molar-refractivity contribution in [1.29, 1.82) is 0 Å². The second kappa shape index (κ2) is 5.03. The number of hydrogen-bond acceptors (Lipinski definition) is 6. The van der Waals surface area contributed by atoms with E-state index in [1.165, 1.54) is 0 Å². The molecule has 0 radical (unpaired) electrons. The van der Waals surface area contributed by atoms with Gasteiger partial charge in [0.25, 0.3) is 0 Å². The van der Waals surface area contributed by atoms with Crippen LogP contribution in [0, 0.1) is 0 Å². The molecule has 0 aliphatic carbocycles. The molecule has 0 amide bonds. The first kappa shape index (κ1) is 12.3. The fourth-order valence-corrected chi connectivity index (χ4v) is 1.95. The third-order valence-electron chi connectivity index (χ3n) is 2.86. The molecule has 0 saturated carbocycles. The van der Waals surface area contributed by atoms with E-state index in [0.29, 0.717) is 29.8 Å². The number of benzene rings is 1. The molecule has 2 rings (SSSR count). The molecular formula is C12H17N3O3. The molecule has 1 atom stereocenters. The van der Waals surface area contributed by atoms with Gasteiger partial charge in [-0.2, -0.15) is 0 Å². The molecule has 6 nitrogen and oxygen atoms in total. The zero-order chi connectivity index (χ0) is 13.1.